The minimum atomic E-state index is -0.416. The summed E-state index contributed by atoms with van der Waals surface area (Å²) in [6, 6.07) is 8.27. The standard InChI is InChI=1S/C13H7Br2N3O2/c14-9-5-11(15)13-16-12(7-17(13)6-9)8-1-3-10(4-2-8)18(19)20/h1-7H. The van der Waals surface area contributed by atoms with Gasteiger partial charge in [-0.05, 0) is 50.1 Å². The van der Waals surface area contributed by atoms with E-state index in [0.29, 0.717) is 0 Å². The molecule has 0 bridgehead atoms. The number of nitrogens with zero attached hydrogens (tertiary/aromatic N) is 3. The van der Waals surface area contributed by atoms with E-state index >= 15 is 0 Å². The van der Waals surface area contributed by atoms with Crippen LogP contribution in [0.4, 0.5) is 5.69 Å². The predicted molar refractivity (Wildman–Crippen MR) is 82.7 cm³/mol. The highest BCUT2D eigenvalue weighted by atomic mass is 79.9. The number of pyridine rings is 1. The number of imidazole rings is 1. The van der Waals surface area contributed by atoms with Gasteiger partial charge >= 0.3 is 0 Å². The molecular formula is C13H7Br2N3O2. The first-order valence-electron chi connectivity index (χ1n) is 5.63. The number of non-ortho nitro benzene ring substituents is 1. The van der Waals surface area contributed by atoms with Crippen LogP contribution in [0.15, 0.2) is 51.7 Å². The van der Waals surface area contributed by atoms with Crippen molar-refractivity contribution in [2.24, 2.45) is 0 Å². The number of nitro groups is 1. The summed E-state index contributed by atoms with van der Waals surface area (Å²) in [6.07, 6.45) is 3.79. The molecule has 100 valence electrons. The molecule has 0 amide bonds. The van der Waals surface area contributed by atoms with Crippen molar-refractivity contribution in [3.8, 4) is 11.3 Å². The lowest BCUT2D eigenvalue weighted by Crippen LogP contribution is -1.87. The Labute approximate surface area is 130 Å². The fraction of sp³-hybridized carbons (Fsp3) is 0. The third-order valence-corrected chi connectivity index (χ3v) is 3.86. The number of hydrogen-bond acceptors (Lipinski definition) is 3. The first-order valence-corrected chi connectivity index (χ1v) is 7.22. The average Bonchev–Trinajstić information content (AvgIpc) is 2.83. The van der Waals surface area contributed by atoms with E-state index in [-0.39, 0.29) is 5.69 Å². The zero-order valence-electron chi connectivity index (χ0n) is 9.96. The van der Waals surface area contributed by atoms with Crippen LogP contribution in [0.25, 0.3) is 16.9 Å². The number of rotatable bonds is 2. The van der Waals surface area contributed by atoms with Crippen LogP contribution in [0.3, 0.4) is 0 Å². The van der Waals surface area contributed by atoms with Gasteiger partial charge < -0.3 is 4.40 Å². The summed E-state index contributed by atoms with van der Waals surface area (Å²) >= 11 is 6.88. The van der Waals surface area contributed by atoms with Gasteiger partial charge in [-0.1, -0.05) is 0 Å². The second kappa shape index (κ2) is 4.99. The molecule has 0 saturated heterocycles. The molecule has 0 aliphatic rings. The number of fused-ring (bicyclic) bond motifs is 1. The summed E-state index contributed by atoms with van der Waals surface area (Å²) in [6.45, 7) is 0. The Morgan fingerprint density at radius 1 is 1.15 bits per heavy atom. The van der Waals surface area contributed by atoms with E-state index in [9.17, 15) is 10.1 Å². The van der Waals surface area contributed by atoms with Gasteiger partial charge in [-0.2, -0.15) is 0 Å². The highest BCUT2D eigenvalue weighted by Gasteiger charge is 2.10. The molecule has 0 fully saturated rings. The van der Waals surface area contributed by atoms with Crippen LogP contribution in [0.5, 0.6) is 0 Å². The smallest absolute Gasteiger partial charge is 0.269 e. The van der Waals surface area contributed by atoms with Crippen molar-refractivity contribution in [2.45, 2.75) is 0 Å². The molecule has 1 aromatic carbocycles. The molecule has 20 heavy (non-hydrogen) atoms. The number of halogens is 2. The molecule has 7 heteroatoms. The number of hydrogen-bond donors (Lipinski definition) is 0. The summed E-state index contributed by atoms with van der Waals surface area (Å²) in [7, 11) is 0. The molecule has 3 rings (SSSR count). The highest BCUT2D eigenvalue weighted by Crippen LogP contribution is 2.27. The van der Waals surface area contributed by atoms with Crippen molar-refractivity contribution < 1.29 is 4.92 Å². The fourth-order valence-corrected chi connectivity index (χ4v) is 3.21. The van der Waals surface area contributed by atoms with Crippen LogP contribution in [0.2, 0.25) is 0 Å². The van der Waals surface area contributed by atoms with Gasteiger partial charge in [0.25, 0.3) is 5.69 Å². The topological polar surface area (TPSA) is 60.4 Å². The van der Waals surface area contributed by atoms with Crippen molar-refractivity contribution in [2.75, 3.05) is 0 Å². The van der Waals surface area contributed by atoms with E-state index < -0.39 is 4.92 Å². The molecule has 0 atom stereocenters. The van der Waals surface area contributed by atoms with E-state index in [0.717, 1.165) is 25.8 Å². The maximum atomic E-state index is 10.6. The van der Waals surface area contributed by atoms with Crippen molar-refractivity contribution in [3.63, 3.8) is 0 Å². The van der Waals surface area contributed by atoms with Crippen LogP contribution in [-0.2, 0) is 0 Å². The molecule has 2 heterocycles. The molecule has 0 N–H and O–H groups in total. The van der Waals surface area contributed by atoms with Crippen molar-refractivity contribution in [1.82, 2.24) is 9.38 Å². The Bertz CT molecular complexity index is 812. The van der Waals surface area contributed by atoms with Gasteiger partial charge in [0.15, 0.2) is 5.65 Å². The average molecular weight is 397 g/mol. The monoisotopic (exact) mass is 395 g/mol. The lowest BCUT2D eigenvalue weighted by Gasteiger charge is -1.96. The Morgan fingerprint density at radius 3 is 2.50 bits per heavy atom. The first-order chi connectivity index (χ1) is 9.54. The molecule has 0 spiro atoms. The van der Waals surface area contributed by atoms with Crippen molar-refractivity contribution in [3.05, 3.63) is 61.8 Å². The molecule has 0 saturated carbocycles. The first kappa shape index (κ1) is 13.3. The van der Waals surface area contributed by atoms with E-state index in [2.05, 4.69) is 36.8 Å². The third-order valence-electron chi connectivity index (χ3n) is 2.85. The lowest BCUT2D eigenvalue weighted by molar-refractivity contribution is -0.384. The van der Waals surface area contributed by atoms with E-state index in [1.165, 1.54) is 12.1 Å². The van der Waals surface area contributed by atoms with E-state index in [1.807, 2.05) is 22.9 Å². The molecule has 3 aromatic rings. The molecule has 5 nitrogen and oxygen atoms in total. The van der Waals surface area contributed by atoms with Gasteiger partial charge in [0.1, 0.15) is 0 Å². The Balaban J connectivity index is 2.10. The van der Waals surface area contributed by atoms with Crippen LogP contribution in [0.1, 0.15) is 0 Å². The third kappa shape index (κ3) is 2.34. The second-order valence-corrected chi connectivity index (χ2v) is 5.94. The lowest BCUT2D eigenvalue weighted by atomic mass is 10.1. The van der Waals surface area contributed by atoms with Crippen LogP contribution >= 0.6 is 31.9 Å². The normalized spacial score (nSPS) is 10.9. The molecule has 2 aromatic heterocycles. The van der Waals surface area contributed by atoms with E-state index in [4.69, 9.17) is 0 Å². The van der Waals surface area contributed by atoms with Gasteiger partial charge in [0.2, 0.25) is 0 Å². The summed E-state index contributed by atoms with van der Waals surface area (Å²) in [5.74, 6) is 0. The van der Waals surface area contributed by atoms with Gasteiger partial charge in [-0.15, -0.1) is 0 Å². The Hall–Kier alpha value is -1.73. The summed E-state index contributed by atoms with van der Waals surface area (Å²) in [4.78, 5) is 14.8. The van der Waals surface area contributed by atoms with Crippen molar-refractivity contribution >= 4 is 43.2 Å². The highest BCUT2D eigenvalue weighted by molar-refractivity contribution is 9.11. The minimum Gasteiger partial charge on any atom is -0.304 e. The minimum absolute atomic E-state index is 0.0708. The van der Waals surface area contributed by atoms with Gasteiger partial charge in [-0.3, -0.25) is 10.1 Å². The van der Waals surface area contributed by atoms with Crippen LogP contribution < -0.4 is 0 Å². The molecule has 0 aliphatic heterocycles. The van der Waals surface area contributed by atoms with Gasteiger partial charge in [0.05, 0.1) is 15.1 Å². The number of benzene rings is 1. The fourth-order valence-electron chi connectivity index (χ4n) is 1.92. The second-order valence-electron chi connectivity index (χ2n) is 4.17. The van der Waals surface area contributed by atoms with E-state index in [1.54, 1.807) is 12.1 Å². The maximum absolute atomic E-state index is 10.6. The summed E-state index contributed by atoms with van der Waals surface area (Å²) in [5, 5.41) is 10.6. The quantitative estimate of drug-likeness (QED) is 0.475. The Kier molecular flexibility index (Phi) is 3.31. The van der Waals surface area contributed by atoms with Gasteiger partial charge in [-0.25, -0.2) is 4.98 Å². The maximum Gasteiger partial charge on any atom is 0.269 e. The number of nitro benzene ring substituents is 1. The Morgan fingerprint density at radius 2 is 1.85 bits per heavy atom. The molecule has 0 unspecified atom stereocenters. The number of aromatic nitrogens is 2. The van der Waals surface area contributed by atoms with Crippen molar-refractivity contribution in [1.29, 1.82) is 0 Å². The van der Waals surface area contributed by atoms with Gasteiger partial charge in [0, 0.05) is 34.6 Å². The largest absolute Gasteiger partial charge is 0.304 e. The SMILES string of the molecule is O=[N+]([O-])c1ccc(-c2cn3cc(Br)cc(Br)c3n2)cc1. The van der Waals surface area contributed by atoms with Crippen LogP contribution in [0, 0.1) is 10.1 Å². The zero-order chi connectivity index (χ0) is 14.3. The molecular weight excluding hydrogens is 390 g/mol. The van der Waals surface area contributed by atoms with Crippen LogP contribution in [-0.4, -0.2) is 14.3 Å². The predicted octanol–water partition coefficient (Wildman–Crippen LogP) is 4.43. The summed E-state index contributed by atoms with van der Waals surface area (Å²) < 4.78 is 3.70. The summed E-state index contributed by atoms with van der Waals surface area (Å²) in [5.41, 5.74) is 2.46. The zero-order valence-corrected chi connectivity index (χ0v) is 13.1. The molecule has 0 aliphatic carbocycles. The molecule has 0 radical (unpaired) electrons.